The molecule has 3 heterocycles. The lowest BCUT2D eigenvalue weighted by atomic mass is 10.1. The molecule has 0 radical (unpaired) electrons. The molecule has 0 saturated carbocycles. The van der Waals surface area contributed by atoms with Crippen LogP contribution in [0.3, 0.4) is 0 Å². The third kappa shape index (κ3) is 3.59. The molecule has 1 amide bonds. The maximum Gasteiger partial charge on any atom is 0.262 e. The molecule has 1 N–H and O–H groups in total. The van der Waals surface area contributed by atoms with Gasteiger partial charge in [0.25, 0.3) is 5.91 Å². The lowest BCUT2D eigenvalue weighted by molar-refractivity contribution is -0.118. The summed E-state index contributed by atoms with van der Waals surface area (Å²) in [5.41, 5.74) is 4.25. The van der Waals surface area contributed by atoms with Gasteiger partial charge < -0.3 is 10.1 Å². The van der Waals surface area contributed by atoms with E-state index in [0.29, 0.717) is 18.0 Å². The van der Waals surface area contributed by atoms with E-state index in [1.807, 2.05) is 54.2 Å². The molecule has 1 aliphatic heterocycles. The van der Waals surface area contributed by atoms with E-state index in [1.165, 1.54) is 11.3 Å². The average Bonchev–Trinajstić information content (AvgIpc) is 3.10. The average molecular weight is 393 g/mol. The van der Waals surface area contributed by atoms with E-state index in [9.17, 15) is 4.79 Å². The standard InChI is InChI=1S/C20H19N5O2S/c1-3-22-20-25(24-13(2)15-5-4-8-21-10-15)17(12-28-20)14-6-7-18-16(9-14)23-19(26)11-27-18/h4-10,12H,3,11H2,1-2H3,(H,23,26). The Bertz CT molecular complexity index is 1120. The van der Waals surface area contributed by atoms with Gasteiger partial charge in [-0.25, -0.2) is 4.68 Å². The van der Waals surface area contributed by atoms with Gasteiger partial charge in [-0.2, -0.15) is 5.10 Å². The molecule has 0 unspecified atom stereocenters. The first-order valence-corrected chi connectivity index (χ1v) is 9.77. The van der Waals surface area contributed by atoms with Crippen LogP contribution in [-0.4, -0.2) is 34.4 Å². The summed E-state index contributed by atoms with van der Waals surface area (Å²) >= 11 is 1.53. The number of aromatic nitrogens is 2. The Balaban J connectivity index is 1.82. The first kappa shape index (κ1) is 18.1. The maximum atomic E-state index is 11.7. The molecule has 3 aromatic rings. The molecule has 0 aliphatic carbocycles. The summed E-state index contributed by atoms with van der Waals surface area (Å²) in [6, 6.07) is 9.58. The highest BCUT2D eigenvalue weighted by Crippen LogP contribution is 2.32. The van der Waals surface area contributed by atoms with Crippen LogP contribution in [0.25, 0.3) is 11.3 Å². The van der Waals surface area contributed by atoms with Gasteiger partial charge in [-0.15, -0.1) is 11.3 Å². The summed E-state index contributed by atoms with van der Waals surface area (Å²) in [6.45, 7) is 4.64. The highest BCUT2D eigenvalue weighted by atomic mass is 32.1. The summed E-state index contributed by atoms with van der Waals surface area (Å²) in [7, 11) is 0. The van der Waals surface area contributed by atoms with Gasteiger partial charge in [0.2, 0.25) is 4.80 Å². The number of nitrogens with zero attached hydrogens (tertiary/aromatic N) is 4. The molecular weight excluding hydrogens is 374 g/mol. The number of fused-ring (bicyclic) bond motifs is 1. The van der Waals surface area contributed by atoms with Crippen molar-refractivity contribution in [1.82, 2.24) is 9.66 Å². The molecule has 0 saturated heterocycles. The van der Waals surface area contributed by atoms with Crippen LogP contribution in [0.1, 0.15) is 19.4 Å². The number of hydrogen-bond donors (Lipinski definition) is 1. The minimum atomic E-state index is -0.157. The van der Waals surface area contributed by atoms with Crippen molar-refractivity contribution in [3.05, 3.63) is 58.5 Å². The number of hydrogen-bond acceptors (Lipinski definition) is 6. The van der Waals surface area contributed by atoms with Gasteiger partial charge in [0.1, 0.15) is 5.75 Å². The van der Waals surface area contributed by atoms with Crippen molar-refractivity contribution in [2.24, 2.45) is 10.1 Å². The number of carbonyl (C=O) groups excluding carboxylic acids is 1. The summed E-state index contributed by atoms with van der Waals surface area (Å²) < 4.78 is 7.29. The Morgan fingerprint density at radius 1 is 1.39 bits per heavy atom. The molecule has 1 aromatic carbocycles. The number of amides is 1. The monoisotopic (exact) mass is 393 g/mol. The largest absolute Gasteiger partial charge is 0.482 e. The Morgan fingerprint density at radius 3 is 3.07 bits per heavy atom. The van der Waals surface area contributed by atoms with Gasteiger partial charge in [-0.1, -0.05) is 6.07 Å². The predicted octanol–water partition coefficient (Wildman–Crippen LogP) is 3.14. The Kier molecular flexibility index (Phi) is 5.03. The molecule has 2 aromatic heterocycles. The van der Waals surface area contributed by atoms with Gasteiger partial charge >= 0.3 is 0 Å². The molecule has 0 atom stereocenters. The van der Waals surface area contributed by atoms with Crippen LogP contribution in [0.5, 0.6) is 5.75 Å². The summed E-state index contributed by atoms with van der Waals surface area (Å²) in [4.78, 5) is 21.2. The normalized spacial score (nSPS) is 14.4. The van der Waals surface area contributed by atoms with E-state index in [2.05, 4.69) is 15.3 Å². The molecular formula is C20H19N5O2S. The lowest BCUT2D eigenvalue weighted by Gasteiger charge is -2.18. The van der Waals surface area contributed by atoms with Crippen molar-refractivity contribution in [2.75, 3.05) is 18.5 Å². The second-order valence-electron chi connectivity index (χ2n) is 6.16. The summed E-state index contributed by atoms with van der Waals surface area (Å²) in [5, 5.41) is 9.67. The van der Waals surface area contributed by atoms with Crippen molar-refractivity contribution in [3.8, 4) is 17.0 Å². The molecule has 7 nitrogen and oxygen atoms in total. The van der Waals surface area contributed by atoms with Crippen molar-refractivity contribution < 1.29 is 9.53 Å². The molecule has 8 heteroatoms. The summed E-state index contributed by atoms with van der Waals surface area (Å²) in [6.07, 6.45) is 3.52. The minimum absolute atomic E-state index is 0.0406. The first-order valence-electron chi connectivity index (χ1n) is 8.90. The van der Waals surface area contributed by atoms with Crippen molar-refractivity contribution in [2.45, 2.75) is 13.8 Å². The van der Waals surface area contributed by atoms with E-state index >= 15 is 0 Å². The number of ether oxygens (including phenoxy) is 1. The molecule has 4 rings (SSSR count). The topological polar surface area (TPSA) is 80.9 Å². The zero-order chi connectivity index (χ0) is 19.5. The number of rotatable bonds is 4. The summed E-state index contributed by atoms with van der Waals surface area (Å²) in [5.74, 6) is 0.508. The Morgan fingerprint density at radius 2 is 2.29 bits per heavy atom. The quantitative estimate of drug-likeness (QED) is 0.692. The number of anilines is 1. The van der Waals surface area contributed by atoms with Gasteiger partial charge in [0.15, 0.2) is 6.61 Å². The van der Waals surface area contributed by atoms with Crippen LogP contribution < -0.4 is 14.9 Å². The second-order valence-corrected chi connectivity index (χ2v) is 7.00. The third-order valence-electron chi connectivity index (χ3n) is 4.22. The maximum absolute atomic E-state index is 11.7. The van der Waals surface area contributed by atoms with Crippen LogP contribution in [0, 0.1) is 0 Å². The minimum Gasteiger partial charge on any atom is -0.482 e. The van der Waals surface area contributed by atoms with Crippen LogP contribution in [-0.2, 0) is 4.79 Å². The van der Waals surface area contributed by atoms with Crippen molar-refractivity contribution in [1.29, 1.82) is 0 Å². The Labute approximate surface area is 166 Å². The predicted molar refractivity (Wildman–Crippen MR) is 110 cm³/mol. The van der Waals surface area contributed by atoms with Gasteiger partial charge in [0, 0.05) is 35.4 Å². The zero-order valence-corrected chi connectivity index (χ0v) is 16.4. The Hall–Kier alpha value is -3.26. The van der Waals surface area contributed by atoms with Gasteiger partial charge in [0.05, 0.1) is 17.1 Å². The fourth-order valence-electron chi connectivity index (χ4n) is 2.86. The fourth-order valence-corrected chi connectivity index (χ4v) is 3.76. The van der Waals surface area contributed by atoms with Crippen molar-refractivity contribution >= 4 is 28.6 Å². The van der Waals surface area contributed by atoms with Crippen LogP contribution >= 0.6 is 11.3 Å². The zero-order valence-electron chi connectivity index (χ0n) is 15.5. The van der Waals surface area contributed by atoms with Crippen LogP contribution in [0.2, 0.25) is 0 Å². The van der Waals surface area contributed by atoms with E-state index in [4.69, 9.17) is 9.84 Å². The van der Waals surface area contributed by atoms with Gasteiger partial charge in [-0.05, 0) is 38.1 Å². The van der Waals surface area contributed by atoms with Crippen molar-refractivity contribution in [3.63, 3.8) is 0 Å². The molecule has 0 bridgehead atoms. The number of benzene rings is 1. The molecule has 1 aliphatic rings. The van der Waals surface area contributed by atoms with Crippen LogP contribution in [0.15, 0.2) is 58.2 Å². The number of carbonyl (C=O) groups is 1. The lowest BCUT2D eigenvalue weighted by Crippen LogP contribution is -2.25. The molecule has 142 valence electrons. The second kappa shape index (κ2) is 7.77. The molecule has 0 spiro atoms. The smallest absolute Gasteiger partial charge is 0.262 e. The fraction of sp³-hybridized carbons (Fsp3) is 0.200. The number of thiazole rings is 1. The molecule has 0 fully saturated rings. The first-order chi connectivity index (χ1) is 13.7. The van der Waals surface area contributed by atoms with E-state index in [-0.39, 0.29) is 12.5 Å². The number of pyridine rings is 1. The highest BCUT2D eigenvalue weighted by molar-refractivity contribution is 7.07. The highest BCUT2D eigenvalue weighted by Gasteiger charge is 2.18. The molecule has 28 heavy (non-hydrogen) atoms. The van der Waals surface area contributed by atoms with E-state index < -0.39 is 0 Å². The van der Waals surface area contributed by atoms with Gasteiger partial charge in [-0.3, -0.25) is 14.8 Å². The SMILES string of the molecule is CCN=c1scc(-c2ccc3c(c2)NC(=O)CO3)n1N=C(C)c1cccnc1. The van der Waals surface area contributed by atoms with Crippen LogP contribution in [0.4, 0.5) is 5.69 Å². The van der Waals surface area contributed by atoms with E-state index in [1.54, 1.807) is 12.4 Å². The number of nitrogens with one attached hydrogen (secondary N) is 1. The van der Waals surface area contributed by atoms with E-state index in [0.717, 1.165) is 27.3 Å². The third-order valence-corrected chi connectivity index (χ3v) is 5.07.